The van der Waals surface area contributed by atoms with E-state index in [-0.39, 0.29) is 6.42 Å². The average molecular weight is 252 g/mol. The van der Waals surface area contributed by atoms with Gasteiger partial charge in [-0.05, 0) is 40.9 Å². The quantitative estimate of drug-likeness (QED) is 0.755. The lowest BCUT2D eigenvalue weighted by atomic mass is 10.0. The summed E-state index contributed by atoms with van der Waals surface area (Å²) in [6.45, 7) is 0. The Morgan fingerprint density at radius 3 is 2.47 bits per heavy atom. The largest absolute Gasteiger partial charge is 0.294 e. The molecule has 0 spiro atoms. The third kappa shape index (κ3) is 2.77. The molecule has 4 heteroatoms. The van der Waals surface area contributed by atoms with Crippen LogP contribution < -0.4 is 0 Å². The third-order valence-electron chi connectivity index (χ3n) is 2.46. The average Bonchev–Trinajstić information content (AvgIpc) is 2.79. The van der Waals surface area contributed by atoms with E-state index in [2.05, 4.69) is 0 Å². The summed E-state index contributed by atoms with van der Waals surface area (Å²) in [5.41, 5.74) is 0.586. The fourth-order valence-electron chi connectivity index (χ4n) is 1.58. The van der Waals surface area contributed by atoms with Gasteiger partial charge in [0.2, 0.25) is 0 Å². The van der Waals surface area contributed by atoms with Crippen LogP contribution in [-0.4, -0.2) is 5.78 Å². The van der Waals surface area contributed by atoms with Gasteiger partial charge in [-0.3, -0.25) is 4.79 Å². The minimum atomic E-state index is -0.791. The SMILES string of the molecule is O=C(CCc1ccsc1)c1c(F)cccc1F. The molecule has 0 fully saturated rings. The number of halogens is 2. The number of rotatable bonds is 4. The van der Waals surface area contributed by atoms with E-state index in [1.54, 1.807) is 0 Å². The molecule has 1 aromatic carbocycles. The van der Waals surface area contributed by atoms with Crippen LogP contribution >= 0.6 is 11.3 Å². The first kappa shape index (κ1) is 11.9. The molecule has 0 aliphatic heterocycles. The van der Waals surface area contributed by atoms with Gasteiger partial charge >= 0.3 is 0 Å². The first-order chi connectivity index (χ1) is 8.18. The standard InChI is InChI=1S/C13H10F2OS/c14-10-2-1-3-11(15)13(10)12(16)5-4-9-6-7-17-8-9/h1-3,6-8H,4-5H2. The lowest BCUT2D eigenvalue weighted by Crippen LogP contribution is -2.06. The van der Waals surface area contributed by atoms with Crippen molar-refractivity contribution in [2.45, 2.75) is 12.8 Å². The van der Waals surface area contributed by atoms with Crippen LogP contribution in [0.15, 0.2) is 35.0 Å². The summed E-state index contributed by atoms with van der Waals surface area (Å²) >= 11 is 1.53. The summed E-state index contributed by atoms with van der Waals surface area (Å²) in [6, 6.07) is 5.35. The Bertz CT molecular complexity index is 500. The van der Waals surface area contributed by atoms with E-state index >= 15 is 0 Å². The van der Waals surface area contributed by atoms with Gasteiger partial charge in [0.15, 0.2) is 5.78 Å². The fraction of sp³-hybridized carbons (Fsp3) is 0.154. The zero-order chi connectivity index (χ0) is 12.3. The van der Waals surface area contributed by atoms with Crippen molar-refractivity contribution in [3.63, 3.8) is 0 Å². The molecule has 0 aliphatic carbocycles. The van der Waals surface area contributed by atoms with Crippen LogP contribution in [0.3, 0.4) is 0 Å². The zero-order valence-electron chi connectivity index (χ0n) is 8.95. The van der Waals surface area contributed by atoms with Crippen LogP contribution in [0.4, 0.5) is 8.78 Å². The molecule has 1 aromatic heterocycles. The second-order valence-corrected chi connectivity index (χ2v) is 4.43. The molecular formula is C13H10F2OS. The van der Waals surface area contributed by atoms with Crippen molar-refractivity contribution in [3.05, 3.63) is 57.8 Å². The van der Waals surface area contributed by atoms with Gasteiger partial charge in [0.05, 0.1) is 5.56 Å². The van der Waals surface area contributed by atoms with Crippen LogP contribution in [0.1, 0.15) is 22.3 Å². The predicted molar refractivity (Wildman–Crippen MR) is 63.3 cm³/mol. The van der Waals surface area contributed by atoms with E-state index in [4.69, 9.17) is 0 Å². The number of carbonyl (C=O) groups is 1. The molecule has 0 saturated carbocycles. The summed E-state index contributed by atoms with van der Waals surface area (Å²) in [7, 11) is 0. The monoisotopic (exact) mass is 252 g/mol. The number of hydrogen-bond donors (Lipinski definition) is 0. The number of carbonyl (C=O) groups excluding carboxylic acids is 1. The van der Waals surface area contributed by atoms with Crippen molar-refractivity contribution < 1.29 is 13.6 Å². The van der Waals surface area contributed by atoms with Gasteiger partial charge in [0.1, 0.15) is 11.6 Å². The van der Waals surface area contributed by atoms with Gasteiger partial charge in [-0.25, -0.2) is 8.78 Å². The first-order valence-electron chi connectivity index (χ1n) is 5.17. The number of hydrogen-bond acceptors (Lipinski definition) is 2. The number of thiophene rings is 1. The topological polar surface area (TPSA) is 17.1 Å². The van der Waals surface area contributed by atoms with E-state index in [0.717, 1.165) is 17.7 Å². The van der Waals surface area contributed by atoms with Crippen LogP contribution in [0.5, 0.6) is 0 Å². The molecule has 0 saturated heterocycles. The molecule has 1 nitrogen and oxygen atoms in total. The molecule has 2 rings (SSSR count). The van der Waals surface area contributed by atoms with Crippen LogP contribution in [0.2, 0.25) is 0 Å². The van der Waals surface area contributed by atoms with Gasteiger partial charge in [-0.15, -0.1) is 0 Å². The highest BCUT2D eigenvalue weighted by atomic mass is 32.1. The van der Waals surface area contributed by atoms with Crippen molar-refractivity contribution in [1.82, 2.24) is 0 Å². The molecule has 1 heterocycles. The van der Waals surface area contributed by atoms with Crippen molar-refractivity contribution >= 4 is 17.1 Å². The predicted octanol–water partition coefficient (Wildman–Crippen LogP) is 3.84. The Labute approximate surface area is 102 Å². The Morgan fingerprint density at radius 1 is 1.18 bits per heavy atom. The minimum absolute atomic E-state index is 0.120. The summed E-state index contributed by atoms with van der Waals surface area (Å²) < 4.78 is 26.6. The maximum atomic E-state index is 13.3. The fourth-order valence-corrected chi connectivity index (χ4v) is 2.29. The second kappa shape index (κ2) is 5.19. The molecule has 0 amide bonds. The van der Waals surface area contributed by atoms with Crippen molar-refractivity contribution in [3.8, 4) is 0 Å². The maximum absolute atomic E-state index is 13.3. The summed E-state index contributed by atoms with van der Waals surface area (Å²) in [5.74, 6) is -2.08. The molecular weight excluding hydrogens is 242 g/mol. The zero-order valence-corrected chi connectivity index (χ0v) is 9.77. The maximum Gasteiger partial charge on any atom is 0.169 e. The van der Waals surface area contributed by atoms with Gasteiger partial charge in [-0.1, -0.05) is 6.07 Å². The molecule has 88 valence electrons. The van der Waals surface area contributed by atoms with E-state index in [1.807, 2.05) is 16.8 Å². The summed E-state index contributed by atoms with van der Waals surface area (Å²) in [4.78, 5) is 11.7. The van der Waals surface area contributed by atoms with Gasteiger partial charge in [0.25, 0.3) is 0 Å². The first-order valence-corrected chi connectivity index (χ1v) is 6.11. The summed E-state index contributed by atoms with van der Waals surface area (Å²) in [5, 5.41) is 3.83. The molecule has 0 unspecified atom stereocenters. The molecule has 2 aromatic rings. The molecule has 0 N–H and O–H groups in total. The molecule has 0 radical (unpaired) electrons. The number of Topliss-reactive ketones (excluding diaryl/α,β-unsaturated/α-hetero) is 1. The molecule has 17 heavy (non-hydrogen) atoms. The van der Waals surface area contributed by atoms with Gasteiger partial charge < -0.3 is 0 Å². The lowest BCUT2D eigenvalue weighted by molar-refractivity contribution is 0.0974. The second-order valence-electron chi connectivity index (χ2n) is 3.65. The van der Waals surface area contributed by atoms with Crippen molar-refractivity contribution in [2.24, 2.45) is 0 Å². The smallest absolute Gasteiger partial charge is 0.169 e. The highest BCUT2D eigenvalue weighted by molar-refractivity contribution is 7.07. The number of benzene rings is 1. The highest BCUT2D eigenvalue weighted by Gasteiger charge is 2.16. The highest BCUT2D eigenvalue weighted by Crippen LogP contribution is 2.16. The number of aryl methyl sites for hydroxylation is 1. The molecule has 0 atom stereocenters. The van der Waals surface area contributed by atoms with Crippen LogP contribution in [0, 0.1) is 11.6 Å². The Balaban J connectivity index is 2.10. The van der Waals surface area contributed by atoms with E-state index in [0.29, 0.717) is 6.42 Å². The van der Waals surface area contributed by atoms with E-state index in [1.165, 1.54) is 17.4 Å². The van der Waals surface area contributed by atoms with Crippen LogP contribution in [-0.2, 0) is 6.42 Å². The Kier molecular flexibility index (Phi) is 3.64. The van der Waals surface area contributed by atoms with Crippen LogP contribution in [0.25, 0.3) is 0 Å². The lowest BCUT2D eigenvalue weighted by Gasteiger charge is -2.03. The molecule has 0 bridgehead atoms. The molecule has 0 aliphatic rings. The van der Waals surface area contributed by atoms with Gasteiger partial charge in [0, 0.05) is 6.42 Å². The van der Waals surface area contributed by atoms with Crippen molar-refractivity contribution in [1.29, 1.82) is 0 Å². The Hall–Kier alpha value is -1.55. The Morgan fingerprint density at radius 2 is 1.88 bits per heavy atom. The van der Waals surface area contributed by atoms with Gasteiger partial charge in [-0.2, -0.15) is 11.3 Å². The van der Waals surface area contributed by atoms with E-state index < -0.39 is 23.0 Å². The minimum Gasteiger partial charge on any atom is -0.294 e. The van der Waals surface area contributed by atoms with Crippen molar-refractivity contribution in [2.75, 3.05) is 0 Å². The number of ketones is 1. The summed E-state index contributed by atoms with van der Waals surface area (Å²) in [6.07, 6.45) is 0.630. The normalized spacial score (nSPS) is 10.5. The third-order valence-corrected chi connectivity index (χ3v) is 3.19. The van der Waals surface area contributed by atoms with E-state index in [9.17, 15) is 13.6 Å².